The SMILES string of the molecule is CC(CC(=O)O)NC(=O)C(C)Oc1ccccc1F. The summed E-state index contributed by atoms with van der Waals surface area (Å²) in [6.07, 6.45) is -1.09. The summed E-state index contributed by atoms with van der Waals surface area (Å²) in [4.78, 5) is 22.2. The zero-order chi connectivity index (χ0) is 14.4. The topological polar surface area (TPSA) is 75.6 Å². The molecular formula is C13H16FNO4. The number of halogens is 1. The van der Waals surface area contributed by atoms with E-state index in [1.807, 2.05) is 0 Å². The highest BCUT2D eigenvalue weighted by Gasteiger charge is 2.19. The summed E-state index contributed by atoms with van der Waals surface area (Å²) in [6, 6.07) is 5.24. The van der Waals surface area contributed by atoms with Gasteiger partial charge in [0.05, 0.1) is 6.42 Å². The van der Waals surface area contributed by atoms with Gasteiger partial charge in [0.1, 0.15) is 0 Å². The molecule has 0 heterocycles. The minimum atomic E-state index is -1.00. The number of aliphatic carboxylic acids is 1. The first-order valence-corrected chi connectivity index (χ1v) is 5.83. The van der Waals surface area contributed by atoms with Crippen LogP contribution in [0.2, 0.25) is 0 Å². The lowest BCUT2D eigenvalue weighted by molar-refractivity contribution is -0.137. The van der Waals surface area contributed by atoms with Gasteiger partial charge in [-0.1, -0.05) is 12.1 Å². The van der Waals surface area contributed by atoms with E-state index < -0.39 is 29.8 Å². The van der Waals surface area contributed by atoms with E-state index >= 15 is 0 Å². The Morgan fingerprint density at radius 1 is 1.37 bits per heavy atom. The highest BCUT2D eigenvalue weighted by molar-refractivity contribution is 5.81. The van der Waals surface area contributed by atoms with Gasteiger partial charge in [-0.15, -0.1) is 0 Å². The van der Waals surface area contributed by atoms with E-state index in [1.54, 1.807) is 13.0 Å². The molecule has 0 aliphatic rings. The van der Waals surface area contributed by atoms with Crippen LogP contribution >= 0.6 is 0 Å². The van der Waals surface area contributed by atoms with E-state index in [0.717, 1.165) is 0 Å². The first kappa shape index (κ1) is 14.9. The number of amides is 1. The van der Waals surface area contributed by atoms with E-state index in [9.17, 15) is 14.0 Å². The average molecular weight is 269 g/mol. The monoisotopic (exact) mass is 269 g/mol. The predicted octanol–water partition coefficient (Wildman–Crippen LogP) is 1.57. The lowest BCUT2D eigenvalue weighted by atomic mass is 10.2. The Labute approximate surface area is 110 Å². The zero-order valence-corrected chi connectivity index (χ0v) is 10.7. The van der Waals surface area contributed by atoms with Crippen molar-refractivity contribution in [1.82, 2.24) is 5.32 Å². The molecule has 104 valence electrons. The Balaban J connectivity index is 2.54. The average Bonchev–Trinajstić information content (AvgIpc) is 2.30. The van der Waals surface area contributed by atoms with Gasteiger partial charge in [0, 0.05) is 6.04 Å². The number of nitrogens with one attached hydrogen (secondary N) is 1. The summed E-state index contributed by atoms with van der Waals surface area (Å²) in [6.45, 7) is 3.04. The van der Waals surface area contributed by atoms with Crippen LogP contribution in [0.4, 0.5) is 4.39 Å². The molecular weight excluding hydrogens is 253 g/mol. The Hall–Kier alpha value is -2.11. The first-order valence-electron chi connectivity index (χ1n) is 5.83. The third-order valence-electron chi connectivity index (χ3n) is 2.38. The number of para-hydroxylation sites is 1. The molecule has 1 aromatic rings. The maximum Gasteiger partial charge on any atom is 0.305 e. The molecule has 0 saturated heterocycles. The Kier molecular flexibility index (Phi) is 5.29. The molecule has 2 atom stereocenters. The summed E-state index contributed by atoms with van der Waals surface area (Å²) in [7, 11) is 0. The smallest absolute Gasteiger partial charge is 0.305 e. The second kappa shape index (κ2) is 6.72. The molecule has 0 aliphatic heterocycles. The third-order valence-corrected chi connectivity index (χ3v) is 2.38. The lowest BCUT2D eigenvalue weighted by Gasteiger charge is -2.17. The van der Waals surface area contributed by atoms with Crippen LogP contribution in [-0.4, -0.2) is 29.1 Å². The quantitative estimate of drug-likeness (QED) is 0.822. The van der Waals surface area contributed by atoms with Crippen molar-refractivity contribution in [3.05, 3.63) is 30.1 Å². The number of carbonyl (C=O) groups is 2. The van der Waals surface area contributed by atoms with Crippen molar-refractivity contribution in [2.45, 2.75) is 32.4 Å². The van der Waals surface area contributed by atoms with Crippen LogP contribution in [0, 0.1) is 5.82 Å². The molecule has 0 saturated carbocycles. The van der Waals surface area contributed by atoms with Gasteiger partial charge in [0.15, 0.2) is 17.7 Å². The molecule has 0 aliphatic carbocycles. The fourth-order valence-corrected chi connectivity index (χ4v) is 1.46. The standard InChI is InChI=1S/C13H16FNO4/c1-8(7-12(16)17)15-13(18)9(2)19-11-6-4-3-5-10(11)14/h3-6,8-9H,7H2,1-2H3,(H,15,18)(H,16,17). The fourth-order valence-electron chi connectivity index (χ4n) is 1.46. The molecule has 0 bridgehead atoms. The molecule has 0 spiro atoms. The van der Waals surface area contributed by atoms with Crippen molar-refractivity contribution in [1.29, 1.82) is 0 Å². The number of hydrogen-bond acceptors (Lipinski definition) is 3. The van der Waals surface area contributed by atoms with Gasteiger partial charge >= 0.3 is 5.97 Å². The number of rotatable bonds is 6. The van der Waals surface area contributed by atoms with Gasteiger partial charge in [-0.2, -0.15) is 0 Å². The number of hydrogen-bond donors (Lipinski definition) is 2. The molecule has 0 aromatic heterocycles. The third kappa shape index (κ3) is 4.95. The van der Waals surface area contributed by atoms with E-state index in [2.05, 4.69) is 5.32 Å². The maximum absolute atomic E-state index is 13.3. The minimum Gasteiger partial charge on any atom is -0.481 e. The summed E-state index contributed by atoms with van der Waals surface area (Å²) >= 11 is 0. The van der Waals surface area contributed by atoms with E-state index in [4.69, 9.17) is 9.84 Å². The maximum atomic E-state index is 13.3. The van der Waals surface area contributed by atoms with Crippen molar-refractivity contribution >= 4 is 11.9 Å². The Morgan fingerprint density at radius 2 is 2.00 bits per heavy atom. The van der Waals surface area contributed by atoms with Crippen molar-refractivity contribution in [2.24, 2.45) is 0 Å². The van der Waals surface area contributed by atoms with Gasteiger partial charge in [-0.05, 0) is 26.0 Å². The van der Waals surface area contributed by atoms with Crippen LogP contribution < -0.4 is 10.1 Å². The van der Waals surface area contributed by atoms with Crippen LogP contribution in [0.25, 0.3) is 0 Å². The zero-order valence-electron chi connectivity index (χ0n) is 10.7. The molecule has 0 fully saturated rings. The van der Waals surface area contributed by atoms with Crippen LogP contribution in [-0.2, 0) is 9.59 Å². The molecule has 2 N–H and O–H groups in total. The van der Waals surface area contributed by atoms with Crippen LogP contribution in [0.15, 0.2) is 24.3 Å². The van der Waals surface area contributed by atoms with Crippen LogP contribution in [0.1, 0.15) is 20.3 Å². The fraction of sp³-hybridized carbons (Fsp3) is 0.385. The molecule has 1 amide bonds. The first-order chi connectivity index (χ1) is 8.90. The highest BCUT2D eigenvalue weighted by Crippen LogP contribution is 2.17. The highest BCUT2D eigenvalue weighted by atomic mass is 19.1. The Morgan fingerprint density at radius 3 is 2.58 bits per heavy atom. The summed E-state index contributed by atoms with van der Waals surface area (Å²) < 4.78 is 18.5. The van der Waals surface area contributed by atoms with Crippen LogP contribution in [0.3, 0.4) is 0 Å². The number of carboxylic acid groups (broad SMARTS) is 1. The summed E-state index contributed by atoms with van der Waals surface area (Å²) in [5.41, 5.74) is 0. The van der Waals surface area contributed by atoms with Crippen molar-refractivity contribution < 1.29 is 23.8 Å². The van der Waals surface area contributed by atoms with Crippen molar-refractivity contribution in [3.63, 3.8) is 0 Å². The number of carboxylic acids is 1. The second-order valence-electron chi connectivity index (χ2n) is 4.20. The molecule has 19 heavy (non-hydrogen) atoms. The molecule has 0 radical (unpaired) electrons. The van der Waals surface area contributed by atoms with Gasteiger partial charge in [0.25, 0.3) is 5.91 Å². The van der Waals surface area contributed by atoms with Crippen molar-refractivity contribution in [2.75, 3.05) is 0 Å². The van der Waals surface area contributed by atoms with E-state index in [1.165, 1.54) is 25.1 Å². The number of benzene rings is 1. The summed E-state index contributed by atoms with van der Waals surface area (Å²) in [5, 5.41) is 11.1. The number of ether oxygens (including phenoxy) is 1. The molecule has 2 unspecified atom stereocenters. The predicted molar refractivity (Wildman–Crippen MR) is 66.3 cm³/mol. The molecule has 1 rings (SSSR count). The number of carbonyl (C=O) groups excluding carboxylic acids is 1. The van der Waals surface area contributed by atoms with Crippen LogP contribution in [0.5, 0.6) is 5.75 Å². The van der Waals surface area contributed by atoms with Gasteiger partial charge in [0.2, 0.25) is 0 Å². The van der Waals surface area contributed by atoms with Crippen molar-refractivity contribution in [3.8, 4) is 5.75 Å². The summed E-state index contributed by atoms with van der Waals surface area (Å²) in [5.74, 6) is -2.07. The normalized spacial score (nSPS) is 13.4. The lowest BCUT2D eigenvalue weighted by Crippen LogP contribution is -2.42. The van der Waals surface area contributed by atoms with E-state index in [-0.39, 0.29) is 12.2 Å². The second-order valence-corrected chi connectivity index (χ2v) is 4.20. The van der Waals surface area contributed by atoms with Gasteiger partial charge in [-0.25, -0.2) is 4.39 Å². The van der Waals surface area contributed by atoms with Gasteiger partial charge in [-0.3, -0.25) is 9.59 Å². The largest absolute Gasteiger partial charge is 0.481 e. The molecule has 5 nitrogen and oxygen atoms in total. The Bertz CT molecular complexity index is 464. The van der Waals surface area contributed by atoms with Gasteiger partial charge < -0.3 is 15.2 Å². The molecule has 1 aromatic carbocycles. The molecule has 6 heteroatoms. The minimum absolute atomic E-state index is 0.0176. The van der Waals surface area contributed by atoms with E-state index in [0.29, 0.717) is 0 Å².